The van der Waals surface area contributed by atoms with Gasteiger partial charge in [-0.25, -0.2) is 0 Å². The molecule has 0 amide bonds. The number of benzene rings is 2. The van der Waals surface area contributed by atoms with Crippen molar-refractivity contribution in [2.45, 2.75) is 116 Å². The summed E-state index contributed by atoms with van der Waals surface area (Å²) in [5.74, 6) is 1.11. The lowest BCUT2D eigenvalue weighted by atomic mass is 9.97. The summed E-state index contributed by atoms with van der Waals surface area (Å²) in [4.78, 5) is 21.9. The number of carboxylic acids is 1. The zero-order valence-electron chi connectivity index (χ0n) is 26.4. The van der Waals surface area contributed by atoms with Crippen LogP contribution in [0.15, 0.2) is 24.3 Å². The van der Waals surface area contributed by atoms with E-state index < -0.39 is 5.97 Å². The van der Waals surface area contributed by atoms with Crippen LogP contribution in [0.1, 0.15) is 99.1 Å². The molecule has 5 N–H and O–H groups in total. The Bertz CT molecular complexity index is 1200. The molecule has 0 heterocycles. The second kappa shape index (κ2) is 17.9. The second-order valence-corrected chi connectivity index (χ2v) is 11.6. The van der Waals surface area contributed by atoms with Crippen LogP contribution < -0.4 is 20.9 Å². The summed E-state index contributed by atoms with van der Waals surface area (Å²) >= 11 is 0. The van der Waals surface area contributed by atoms with Crippen molar-refractivity contribution in [2.75, 3.05) is 19.8 Å². The third kappa shape index (κ3) is 10.8. The molecule has 4 rings (SSSR count). The first kappa shape index (κ1) is 34.4. The number of carboxylic acid groups (broad SMARTS) is 1. The molecule has 0 aliphatic heterocycles. The fourth-order valence-electron chi connectivity index (χ4n) is 6.08. The number of rotatable bonds is 16. The van der Waals surface area contributed by atoms with Gasteiger partial charge in [0.15, 0.2) is 0 Å². The topological polar surface area (TPSA) is 134 Å². The first-order valence-electron chi connectivity index (χ1n) is 16.2. The molecule has 8 nitrogen and oxygen atoms in total. The van der Waals surface area contributed by atoms with Gasteiger partial charge in [0.2, 0.25) is 0 Å². The molecule has 8 heteroatoms. The third-order valence-corrected chi connectivity index (χ3v) is 8.02. The molecule has 43 heavy (non-hydrogen) atoms. The van der Waals surface area contributed by atoms with E-state index in [1.54, 1.807) is 0 Å². The molecule has 2 aliphatic rings. The number of fused-ring (bicyclic) bond motifs is 2. The van der Waals surface area contributed by atoms with Gasteiger partial charge in [0.05, 0.1) is 19.8 Å². The van der Waals surface area contributed by atoms with E-state index in [0.29, 0.717) is 19.6 Å². The van der Waals surface area contributed by atoms with Gasteiger partial charge >= 0.3 is 11.9 Å². The molecule has 2 atom stereocenters. The Labute approximate surface area is 257 Å². The maximum atomic E-state index is 11.4. The van der Waals surface area contributed by atoms with E-state index in [4.69, 9.17) is 30.8 Å². The van der Waals surface area contributed by atoms with Gasteiger partial charge in [0.1, 0.15) is 11.5 Å². The molecule has 0 aromatic heterocycles. The highest BCUT2D eigenvalue weighted by atomic mass is 16.5. The maximum Gasteiger partial charge on any atom is 0.305 e. The number of ether oxygens (including phenoxy) is 3. The Morgan fingerprint density at radius 1 is 0.791 bits per heavy atom. The summed E-state index contributed by atoms with van der Waals surface area (Å²) < 4.78 is 16.5. The predicted octanol–water partition coefficient (Wildman–Crippen LogP) is 5.49. The number of carbonyl (C=O) groups is 2. The van der Waals surface area contributed by atoms with Crippen LogP contribution in [0.4, 0.5) is 0 Å². The number of aliphatic carboxylic acids is 1. The summed E-state index contributed by atoms with van der Waals surface area (Å²) in [5.41, 5.74) is 20.2. The molecule has 0 saturated carbocycles. The lowest BCUT2D eigenvalue weighted by molar-refractivity contribution is -0.143. The molecular weight excluding hydrogens is 544 g/mol. The Hall–Kier alpha value is -3.10. The van der Waals surface area contributed by atoms with Crippen LogP contribution in [0.25, 0.3) is 0 Å². The van der Waals surface area contributed by atoms with Crippen molar-refractivity contribution in [2.24, 2.45) is 11.5 Å². The van der Waals surface area contributed by atoms with Crippen molar-refractivity contribution in [1.29, 1.82) is 0 Å². The lowest BCUT2D eigenvalue weighted by Crippen LogP contribution is -2.19. The van der Waals surface area contributed by atoms with Gasteiger partial charge in [0.25, 0.3) is 0 Å². The van der Waals surface area contributed by atoms with Crippen LogP contribution in [0.2, 0.25) is 0 Å². The van der Waals surface area contributed by atoms with Gasteiger partial charge in [-0.1, -0.05) is 13.0 Å². The first-order chi connectivity index (χ1) is 20.7. The van der Waals surface area contributed by atoms with Crippen LogP contribution in [-0.2, 0) is 52.9 Å². The summed E-state index contributed by atoms with van der Waals surface area (Å²) in [5, 5.41) is 8.66. The molecule has 0 spiro atoms. The van der Waals surface area contributed by atoms with E-state index in [1.807, 2.05) is 19.9 Å². The first-order valence-corrected chi connectivity index (χ1v) is 16.2. The summed E-state index contributed by atoms with van der Waals surface area (Å²) in [6, 6.07) is 8.88. The van der Waals surface area contributed by atoms with Crippen molar-refractivity contribution < 1.29 is 28.9 Å². The van der Waals surface area contributed by atoms with Crippen molar-refractivity contribution in [3.63, 3.8) is 0 Å². The smallest absolute Gasteiger partial charge is 0.305 e. The zero-order chi connectivity index (χ0) is 31.2. The highest BCUT2D eigenvalue weighted by Crippen LogP contribution is 2.34. The van der Waals surface area contributed by atoms with Crippen LogP contribution in [0, 0.1) is 0 Å². The molecule has 238 valence electrons. The van der Waals surface area contributed by atoms with E-state index in [-0.39, 0.29) is 24.5 Å². The van der Waals surface area contributed by atoms with Crippen LogP contribution in [0.5, 0.6) is 11.5 Å². The van der Waals surface area contributed by atoms with E-state index in [9.17, 15) is 9.59 Å². The standard InChI is InChI=1S/C19H29NO3.C16H23NO3/c1-3-9-23-17-11-14(7-5-6-8-19(21)22-4-2)18-13-16(20)10-15(18)12-17;1-2-20-15-8-7-11(5-3-4-6-16(18)19)13-9-12(17)10-14(13)15/h11-12,16H,3-10,13,20H2,1-2H3;7-8,12H,2-6,9-10,17H2,1H3,(H,18,19). The van der Waals surface area contributed by atoms with E-state index >= 15 is 0 Å². The number of carbonyl (C=O) groups excluding carboxylic acids is 1. The lowest BCUT2D eigenvalue weighted by Gasteiger charge is -2.13. The van der Waals surface area contributed by atoms with Crippen LogP contribution in [-0.4, -0.2) is 48.9 Å². The van der Waals surface area contributed by atoms with Gasteiger partial charge in [0, 0.05) is 24.9 Å². The molecule has 2 aromatic carbocycles. The van der Waals surface area contributed by atoms with Gasteiger partial charge in [-0.15, -0.1) is 0 Å². The van der Waals surface area contributed by atoms with Gasteiger partial charge in [-0.05, 0) is 136 Å². The van der Waals surface area contributed by atoms with Crippen LogP contribution >= 0.6 is 0 Å². The molecule has 0 bridgehead atoms. The fourth-order valence-corrected chi connectivity index (χ4v) is 6.08. The Balaban J connectivity index is 0.000000238. The van der Waals surface area contributed by atoms with Gasteiger partial charge in [-0.3, -0.25) is 9.59 Å². The third-order valence-electron chi connectivity index (χ3n) is 8.02. The van der Waals surface area contributed by atoms with Crippen molar-refractivity contribution in [1.82, 2.24) is 0 Å². The minimum Gasteiger partial charge on any atom is -0.494 e. The SMILES string of the molecule is CCCOc1cc(CCCCC(=O)OCC)c2c(c1)CC(N)C2.CCOc1ccc(CCCCC(=O)O)c2c1CC(N)C2. The van der Waals surface area contributed by atoms with Gasteiger partial charge in [-0.2, -0.15) is 0 Å². The second-order valence-electron chi connectivity index (χ2n) is 11.6. The van der Waals surface area contributed by atoms with Crippen molar-refractivity contribution in [3.05, 3.63) is 57.6 Å². The van der Waals surface area contributed by atoms with Crippen LogP contribution in [0.3, 0.4) is 0 Å². The average molecular weight is 597 g/mol. The molecule has 2 unspecified atom stereocenters. The number of aryl methyl sites for hydroxylation is 2. The molecule has 0 saturated heterocycles. The monoisotopic (exact) mass is 596 g/mol. The normalized spacial score (nSPS) is 16.6. The minimum absolute atomic E-state index is 0.0974. The maximum absolute atomic E-state index is 11.4. The molecule has 0 radical (unpaired) electrons. The average Bonchev–Trinajstić information content (AvgIpc) is 3.55. The summed E-state index contributed by atoms with van der Waals surface area (Å²) in [6.07, 6.45) is 10.8. The Morgan fingerprint density at radius 2 is 1.47 bits per heavy atom. The minimum atomic E-state index is -0.719. The summed E-state index contributed by atoms with van der Waals surface area (Å²) in [6.45, 7) is 7.81. The zero-order valence-corrected chi connectivity index (χ0v) is 26.4. The number of unbranched alkanes of at least 4 members (excludes halogenated alkanes) is 2. The Kier molecular flexibility index (Phi) is 14.3. The van der Waals surface area contributed by atoms with Crippen molar-refractivity contribution in [3.8, 4) is 11.5 Å². The van der Waals surface area contributed by atoms with E-state index in [1.165, 1.54) is 33.4 Å². The molecule has 0 fully saturated rings. The Morgan fingerprint density at radius 3 is 2.16 bits per heavy atom. The van der Waals surface area contributed by atoms with E-state index in [0.717, 1.165) is 88.7 Å². The highest BCUT2D eigenvalue weighted by molar-refractivity contribution is 5.69. The molecular formula is C35H52N2O6. The predicted molar refractivity (Wildman–Crippen MR) is 170 cm³/mol. The molecule has 2 aromatic rings. The van der Waals surface area contributed by atoms with Gasteiger partial charge < -0.3 is 30.8 Å². The number of nitrogens with two attached hydrogens (primary N) is 2. The number of hydrogen-bond donors (Lipinski definition) is 3. The van der Waals surface area contributed by atoms with Crippen molar-refractivity contribution >= 4 is 11.9 Å². The van der Waals surface area contributed by atoms with E-state index in [2.05, 4.69) is 25.1 Å². The largest absolute Gasteiger partial charge is 0.494 e. The number of hydrogen-bond acceptors (Lipinski definition) is 7. The highest BCUT2D eigenvalue weighted by Gasteiger charge is 2.25. The number of esters is 1. The molecule has 2 aliphatic carbocycles. The fraction of sp³-hybridized carbons (Fsp3) is 0.600. The quantitative estimate of drug-likeness (QED) is 0.171. The summed E-state index contributed by atoms with van der Waals surface area (Å²) in [7, 11) is 0.